The molecular weight excluding hydrogens is 304 g/mol. The molecule has 0 saturated carbocycles. The van der Waals surface area contributed by atoms with Gasteiger partial charge in [0.15, 0.2) is 6.10 Å². The van der Waals surface area contributed by atoms with Crippen molar-refractivity contribution < 1.29 is 19.0 Å². The Hall–Kier alpha value is -2.04. The normalized spacial score (nSPS) is 19.6. The summed E-state index contributed by atoms with van der Waals surface area (Å²) in [6.07, 6.45) is -0.823. The molecule has 2 aromatic carbocycles. The Morgan fingerprint density at radius 3 is 2.45 bits per heavy atom. The molecule has 0 aromatic heterocycles. The Bertz CT molecular complexity index is 696. The van der Waals surface area contributed by atoms with Crippen LogP contribution in [0.15, 0.2) is 42.5 Å². The molecule has 3 rings (SSSR count). The van der Waals surface area contributed by atoms with Gasteiger partial charge in [-0.05, 0) is 48.4 Å². The second-order valence-corrected chi connectivity index (χ2v) is 5.49. The summed E-state index contributed by atoms with van der Waals surface area (Å²) in [5, 5.41) is 0.638. The van der Waals surface area contributed by atoms with Crippen molar-refractivity contribution in [2.75, 3.05) is 7.11 Å². The molecule has 1 saturated heterocycles. The molecule has 1 fully saturated rings. The van der Waals surface area contributed by atoms with Crippen LogP contribution < -0.4 is 9.47 Å². The maximum Gasteiger partial charge on any atom is 0.343 e. The quantitative estimate of drug-likeness (QED) is 0.490. The molecule has 22 heavy (non-hydrogen) atoms. The van der Waals surface area contributed by atoms with E-state index in [4.69, 9.17) is 25.8 Å². The number of carbonyl (C=O) groups excluding carboxylic acids is 1. The van der Waals surface area contributed by atoms with E-state index in [9.17, 15) is 4.79 Å². The highest BCUT2D eigenvalue weighted by atomic mass is 35.5. The summed E-state index contributed by atoms with van der Waals surface area (Å²) in [7, 11) is 1.61. The lowest BCUT2D eigenvalue weighted by molar-refractivity contribution is -0.135. The largest absolute Gasteiger partial charge is 0.497 e. The van der Waals surface area contributed by atoms with E-state index < -0.39 is 12.1 Å². The average molecular weight is 319 g/mol. The number of ether oxygens (including phenoxy) is 3. The molecule has 0 bridgehead atoms. The molecule has 5 heteroatoms. The van der Waals surface area contributed by atoms with Crippen LogP contribution >= 0.6 is 11.6 Å². The molecular formula is C17H15ClO4. The third-order valence-corrected chi connectivity index (χ3v) is 3.94. The van der Waals surface area contributed by atoms with Gasteiger partial charge in [-0.25, -0.2) is 4.79 Å². The van der Waals surface area contributed by atoms with Crippen molar-refractivity contribution in [3.63, 3.8) is 0 Å². The van der Waals surface area contributed by atoms with Crippen molar-refractivity contribution in [2.24, 2.45) is 0 Å². The lowest BCUT2D eigenvalue weighted by atomic mass is 10.1. The Morgan fingerprint density at radius 2 is 1.82 bits per heavy atom. The van der Waals surface area contributed by atoms with Gasteiger partial charge in [-0.2, -0.15) is 0 Å². The highest BCUT2D eigenvalue weighted by Crippen LogP contribution is 2.40. The molecule has 0 unspecified atom stereocenters. The van der Waals surface area contributed by atoms with Gasteiger partial charge >= 0.3 is 5.97 Å². The molecule has 0 N–H and O–H groups in total. The highest BCUT2D eigenvalue weighted by Gasteiger charge is 2.47. The van der Waals surface area contributed by atoms with E-state index >= 15 is 0 Å². The number of carbonyl (C=O) groups is 1. The Morgan fingerprint density at radius 1 is 1.14 bits per heavy atom. The first-order valence-corrected chi connectivity index (χ1v) is 7.23. The van der Waals surface area contributed by atoms with Gasteiger partial charge in [-0.3, -0.25) is 0 Å². The van der Waals surface area contributed by atoms with Crippen molar-refractivity contribution in [2.45, 2.75) is 19.1 Å². The number of halogens is 1. The van der Waals surface area contributed by atoms with Crippen molar-refractivity contribution >= 4 is 17.6 Å². The lowest BCUT2D eigenvalue weighted by Crippen LogP contribution is -2.15. The van der Waals surface area contributed by atoms with E-state index in [0.717, 1.165) is 16.9 Å². The zero-order valence-electron chi connectivity index (χ0n) is 12.2. The van der Waals surface area contributed by atoms with Crippen molar-refractivity contribution in [3.05, 3.63) is 58.6 Å². The van der Waals surface area contributed by atoms with Gasteiger partial charge in [-0.15, -0.1) is 0 Å². The monoisotopic (exact) mass is 318 g/mol. The summed E-state index contributed by atoms with van der Waals surface area (Å²) < 4.78 is 15.8. The highest BCUT2D eigenvalue weighted by molar-refractivity contribution is 6.31. The van der Waals surface area contributed by atoms with Gasteiger partial charge in [0.25, 0.3) is 0 Å². The van der Waals surface area contributed by atoms with Crippen LogP contribution in [0, 0.1) is 6.92 Å². The van der Waals surface area contributed by atoms with E-state index in [1.807, 2.05) is 31.2 Å². The minimum atomic E-state index is -0.565. The zero-order valence-corrected chi connectivity index (χ0v) is 13.0. The third kappa shape index (κ3) is 3.08. The fourth-order valence-electron chi connectivity index (χ4n) is 2.19. The minimum Gasteiger partial charge on any atom is -0.497 e. The fraction of sp³-hybridized carbons (Fsp3) is 0.235. The molecule has 0 spiro atoms. The van der Waals surface area contributed by atoms with Crippen LogP contribution in [0.3, 0.4) is 0 Å². The van der Waals surface area contributed by atoms with Crippen LogP contribution in [0.1, 0.15) is 17.2 Å². The summed E-state index contributed by atoms with van der Waals surface area (Å²) in [6.45, 7) is 1.85. The van der Waals surface area contributed by atoms with Crippen LogP contribution in [0.4, 0.5) is 0 Å². The molecule has 1 heterocycles. The number of hydrogen-bond donors (Lipinski definition) is 0. The molecule has 1 aliphatic rings. The van der Waals surface area contributed by atoms with E-state index in [-0.39, 0.29) is 6.10 Å². The Kier molecular flexibility index (Phi) is 4.05. The van der Waals surface area contributed by atoms with Crippen LogP contribution in [0.25, 0.3) is 0 Å². The molecule has 2 atom stereocenters. The summed E-state index contributed by atoms with van der Waals surface area (Å²) in [4.78, 5) is 12.1. The van der Waals surface area contributed by atoms with Crippen molar-refractivity contribution in [3.8, 4) is 11.5 Å². The molecule has 2 aromatic rings. The standard InChI is InChI=1S/C17H15ClO4/c1-10-9-13(7-8-14(10)18)21-17(19)16-15(22-16)11-3-5-12(20-2)6-4-11/h3-9,15-16H,1-2H3/t15-,16-/m1/s1. The second kappa shape index (κ2) is 5.99. The van der Waals surface area contributed by atoms with E-state index in [1.54, 1.807) is 25.3 Å². The Labute approximate surface area is 133 Å². The van der Waals surface area contributed by atoms with Crippen LogP contribution in [-0.2, 0) is 9.53 Å². The lowest BCUT2D eigenvalue weighted by Gasteiger charge is -2.04. The SMILES string of the molecule is COc1ccc([C@H]2O[C@H]2C(=O)Oc2ccc(Cl)c(C)c2)cc1. The molecule has 114 valence electrons. The van der Waals surface area contributed by atoms with Gasteiger partial charge in [0.1, 0.15) is 17.6 Å². The molecule has 4 nitrogen and oxygen atoms in total. The van der Waals surface area contributed by atoms with Gasteiger partial charge in [0.2, 0.25) is 0 Å². The van der Waals surface area contributed by atoms with Crippen LogP contribution in [-0.4, -0.2) is 19.2 Å². The molecule has 1 aliphatic heterocycles. The minimum absolute atomic E-state index is 0.258. The first kappa shape index (κ1) is 14.9. The van der Waals surface area contributed by atoms with E-state index in [1.165, 1.54) is 0 Å². The van der Waals surface area contributed by atoms with Crippen molar-refractivity contribution in [1.82, 2.24) is 0 Å². The number of hydrogen-bond acceptors (Lipinski definition) is 4. The molecule has 0 aliphatic carbocycles. The number of esters is 1. The Balaban J connectivity index is 1.63. The van der Waals surface area contributed by atoms with Crippen molar-refractivity contribution in [1.29, 1.82) is 0 Å². The van der Waals surface area contributed by atoms with Gasteiger partial charge < -0.3 is 14.2 Å². The molecule has 0 amide bonds. The maximum atomic E-state index is 12.1. The maximum absolute atomic E-state index is 12.1. The fourth-order valence-corrected chi connectivity index (χ4v) is 2.31. The van der Waals surface area contributed by atoms with Gasteiger partial charge in [0.05, 0.1) is 7.11 Å². The summed E-state index contributed by atoms with van der Waals surface area (Å²) in [6, 6.07) is 12.5. The second-order valence-electron chi connectivity index (χ2n) is 5.08. The summed E-state index contributed by atoms with van der Waals surface area (Å²) in [5.41, 5.74) is 1.78. The van der Waals surface area contributed by atoms with Gasteiger partial charge in [-0.1, -0.05) is 23.7 Å². The number of benzene rings is 2. The summed E-state index contributed by atoms with van der Waals surface area (Å²) >= 11 is 5.94. The number of epoxide rings is 1. The average Bonchev–Trinajstić information content (AvgIpc) is 3.32. The predicted octanol–water partition coefficient (Wildman–Crippen LogP) is 3.70. The van der Waals surface area contributed by atoms with E-state index in [0.29, 0.717) is 10.8 Å². The smallest absolute Gasteiger partial charge is 0.343 e. The first-order chi connectivity index (χ1) is 10.6. The number of rotatable bonds is 4. The van der Waals surface area contributed by atoms with Crippen LogP contribution in [0.5, 0.6) is 11.5 Å². The van der Waals surface area contributed by atoms with Gasteiger partial charge in [0, 0.05) is 5.02 Å². The van der Waals surface area contributed by atoms with Crippen LogP contribution in [0.2, 0.25) is 5.02 Å². The topological polar surface area (TPSA) is 48.1 Å². The zero-order chi connectivity index (χ0) is 15.7. The third-order valence-electron chi connectivity index (χ3n) is 3.52. The number of aryl methyl sites for hydroxylation is 1. The molecule has 0 radical (unpaired) electrons. The summed E-state index contributed by atoms with van der Waals surface area (Å²) in [5.74, 6) is 0.832. The first-order valence-electron chi connectivity index (χ1n) is 6.86. The predicted molar refractivity (Wildman–Crippen MR) is 82.4 cm³/mol. The van der Waals surface area contributed by atoms with E-state index in [2.05, 4.69) is 0 Å². The number of methoxy groups -OCH3 is 1.